The van der Waals surface area contributed by atoms with Crippen molar-refractivity contribution >= 4 is 12.6 Å². The molecule has 0 saturated carbocycles. The maximum atomic E-state index is 11.3. The third-order valence-electron chi connectivity index (χ3n) is 1.88. The fourth-order valence-electron chi connectivity index (χ4n) is 1.21. The van der Waals surface area contributed by atoms with Crippen molar-refractivity contribution in [3.63, 3.8) is 0 Å². The molecule has 0 aliphatic heterocycles. The monoisotopic (exact) mass is 204 g/mol. The van der Waals surface area contributed by atoms with Crippen LogP contribution in [0.2, 0.25) is 0 Å². The lowest BCUT2D eigenvalue weighted by atomic mass is 10.1. The predicted molar refractivity (Wildman–Crippen MR) is 55.8 cm³/mol. The number of hydrogen-bond acceptors (Lipinski definition) is 3. The molecule has 78 valence electrons. The van der Waals surface area contributed by atoms with Gasteiger partial charge in [0.1, 0.15) is 6.07 Å². The van der Waals surface area contributed by atoms with E-state index in [4.69, 9.17) is 5.26 Å². The second-order valence-electron chi connectivity index (χ2n) is 4.06. The van der Waals surface area contributed by atoms with Crippen LogP contribution in [-0.2, 0) is 5.54 Å². The minimum absolute atomic E-state index is 0.197. The molecule has 0 bridgehead atoms. The number of carbonyl (C=O) groups excluding carboxylic acids is 1. The number of aliphatic imine (C=N–C) groups is 1. The minimum Gasteiger partial charge on any atom is -0.267 e. The number of aromatic nitrogens is 2. The van der Waals surface area contributed by atoms with Gasteiger partial charge in [-0.05, 0) is 27.5 Å². The number of amides is 1. The fourth-order valence-corrected chi connectivity index (χ4v) is 1.21. The van der Waals surface area contributed by atoms with E-state index in [9.17, 15) is 4.79 Å². The smallest absolute Gasteiger partial charge is 0.267 e. The van der Waals surface area contributed by atoms with E-state index >= 15 is 0 Å². The van der Waals surface area contributed by atoms with Crippen molar-refractivity contribution in [2.45, 2.75) is 26.3 Å². The first-order valence-electron chi connectivity index (χ1n) is 4.41. The molecule has 0 aromatic carbocycles. The average molecular weight is 204 g/mol. The molecule has 0 unspecified atom stereocenters. The lowest BCUT2D eigenvalue weighted by Gasteiger charge is -2.20. The molecule has 0 aliphatic rings. The number of hydrogen-bond donors (Lipinski definition) is 0. The molecule has 0 saturated heterocycles. The van der Waals surface area contributed by atoms with Gasteiger partial charge in [0.05, 0.1) is 17.3 Å². The molecule has 1 heterocycles. The summed E-state index contributed by atoms with van der Waals surface area (Å²) in [4.78, 5) is 14.6. The highest BCUT2D eigenvalue weighted by Gasteiger charge is 2.23. The van der Waals surface area contributed by atoms with Gasteiger partial charge in [0.2, 0.25) is 0 Å². The topological polar surface area (TPSA) is 71.0 Å². The molecule has 15 heavy (non-hydrogen) atoms. The molecule has 0 aliphatic carbocycles. The lowest BCUT2D eigenvalue weighted by molar-refractivity contribution is 0.100. The van der Waals surface area contributed by atoms with E-state index in [2.05, 4.69) is 16.8 Å². The Balaban J connectivity index is 3.38. The molecule has 0 spiro atoms. The summed E-state index contributed by atoms with van der Waals surface area (Å²) < 4.78 is 1.51. The highest BCUT2D eigenvalue weighted by molar-refractivity contribution is 5.98. The van der Waals surface area contributed by atoms with Gasteiger partial charge < -0.3 is 0 Å². The van der Waals surface area contributed by atoms with Crippen LogP contribution >= 0.6 is 0 Å². The van der Waals surface area contributed by atoms with E-state index in [1.54, 1.807) is 0 Å². The number of rotatable bonds is 1. The number of carbonyl (C=O) groups is 1. The normalized spacial score (nSPS) is 10.8. The molecule has 0 fully saturated rings. The molecule has 1 rings (SSSR count). The first-order valence-corrected chi connectivity index (χ1v) is 4.41. The van der Waals surface area contributed by atoms with Gasteiger partial charge >= 0.3 is 0 Å². The van der Waals surface area contributed by atoms with Crippen LogP contribution in [0.25, 0.3) is 0 Å². The molecular formula is C10H12N4O. The molecule has 1 aromatic heterocycles. The van der Waals surface area contributed by atoms with Crippen LogP contribution in [-0.4, -0.2) is 22.4 Å². The van der Waals surface area contributed by atoms with Crippen LogP contribution in [0.15, 0.2) is 11.2 Å². The van der Waals surface area contributed by atoms with E-state index in [0.717, 1.165) is 0 Å². The predicted octanol–water partition coefficient (Wildman–Crippen LogP) is 1.35. The largest absolute Gasteiger partial charge is 0.280 e. The summed E-state index contributed by atoms with van der Waals surface area (Å²) >= 11 is 0. The Bertz CT molecular complexity index is 445. The van der Waals surface area contributed by atoms with Crippen LogP contribution in [0.1, 0.15) is 36.8 Å². The summed E-state index contributed by atoms with van der Waals surface area (Å²) in [6, 6.07) is 1.96. The van der Waals surface area contributed by atoms with Crippen molar-refractivity contribution < 1.29 is 4.79 Å². The maximum absolute atomic E-state index is 11.3. The van der Waals surface area contributed by atoms with Crippen LogP contribution in [0, 0.1) is 11.3 Å². The minimum atomic E-state index is -0.526. The van der Waals surface area contributed by atoms with Crippen LogP contribution in [0.5, 0.6) is 0 Å². The van der Waals surface area contributed by atoms with E-state index in [-0.39, 0.29) is 16.8 Å². The van der Waals surface area contributed by atoms with Crippen molar-refractivity contribution in [1.82, 2.24) is 9.78 Å². The van der Waals surface area contributed by atoms with Crippen LogP contribution in [0.3, 0.4) is 0 Å². The molecule has 1 aromatic rings. The van der Waals surface area contributed by atoms with Gasteiger partial charge in [-0.3, -0.25) is 4.79 Å². The van der Waals surface area contributed by atoms with Crippen molar-refractivity contribution in [1.29, 1.82) is 5.26 Å². The molecule has 5 nitrogen and oxygen atoms in total. The van der Waals surface area contributed by atoms with Gasteiger partial charge in [0, 0.05) is 0 Å². The molecule has 0 radical (unpaired) electrons. The van der Waals surface area contributed by atoms with Gasteiger partial charge in [-0.25, -0.2) is 9.67 Å². The van der Waals surface area contributed by atoms with E-state index in [0.29, 0.717) is 0 Å². The van der Waals surface area contributed by atoms with E-state index < -0.39 is 5.91 Å². The summed E-state index contributed by atoms with van der Waals surface area (Å²) in [7, 11) is 0. The summed E-state index contributed by atoms with van der Waals surface area (Å²) in [6.07, 6.45) is 1.35. The van der Waals surface area contributed by atoms with Crippen LogP contribution < -0.4 is 0 Å². The summed E-state index contributed by atoms with van der Waals surface area (Å²) in [5, 5.41) is 13.0. The zero-order valence-electron chi connectivity index (χ0n) is 8.98. The van der Waals surface area contributed by atoms with Gasteiger partial charge in [0.15, 0.2) is 5.69 Å². The Hall–Kier alpha value is -1.96. The van der Waals surface area contributed by atoms with Crippen molar-refractivity contribution in [2.75, 3.05) is 0 Å². The Morgan fingerprint density at radius 3 is 2.67 bits per heavy atom. The second-order valence-corrected chi connectivity index (χ2v) is 4.06. The van der Waals surface area contributed by atoms with E-state index in [1.165, 1.54) is 10.9 Å². The molecular weight excluding hydrogens is 192 g/mol. The quantitative estimate of drug-likeness (QED) is 0.648. The Morgan fingerprint density at radius 2 is 2.27 bits per heavy atom. The van der Waals surface area contributed by atoms with Gasteiger partial charge in [-0.2, -0.15) is 10.4 Å². The molecule has 0 atom stereocenters. The zero-order chi connectivity index (χ0) is 11.6. The van der Waals surface area contributed by atoms with Crippen molar-refractivity contribution in [3.05, 3.63) is 17.5 Å². The Kier molecular flexibility index (Phi) is 2.71. The van der Waals surface area contributed by atoms with Crippen molar-refractivity contribution in [2.24, 2.45) is 4.99 Å². The molecule has 5 heteroatoms. The second kappa shape index (κ2) is 3.65. The van der Waals surface area contributed by atoms with Gasteiger partial charge in [0.25, 0.3) is 5.91 Å². The summed E-state index contributed by atoms with van der Waals surface area (Å²) in [5.74, 6) is -0.526. The Labute approximate surface area is 88.0 Å². The van der Waals surface area contributed by atoms with Gasteiger partial charge in [-0.1, -0.05) is 0 Å². The molecule has 1 amide bonds. The van der Waals surface area contributed by atoms with Crippen molar-refractivity contribution in [3.8, 4) is 6.07 Å². The fraction of sp³-hybridized carbons (Fsp3) is 0.400. The first-order chi connectivity index (χ1) is 6.91. The standard InChI is InChI=1S/C10H12N4O/c1-10(2,3)14-8(5-11)7(6-13-14)9(15)12-4/h6H,4H2,1-3H3. The average Bonchev–Trinajstić information content (AvgIpc) is 2.59. The lowest BCUT2D eigenvalue weighted by Crippen LogP contribution is -2.24. The third-order valence-corrected chi connectivity index (χ3v) is 1.88. The van der Waals surface area contributed by atoms with Crippen LogP contribution in [0.4, 0.5) is 0 Å². The SMILES string of the molecule is C=NC(=O)c1cnn(C(C)(C)C)c1C#N. The third kappa shape index (κ3) is 1.94. The Morgan fingerprint density at radius 1 is 1.67 bits per heavy atom. The number of nitrogens with zero attached hydrogens (tertiary/aromatic N) is 4. The maximum Gasteiger partial charge on any atom is 0.280 e. The zero-order valence-corrected chi connectivity index (χ0v) is 8.98. The first kappa shape index (κ1) is 11.1. The van der Waals surface area contributed by atoms with Gasteiger partial charge in [-0.15, -0.1) is 0 Å². The number of nitriles is 1. The summed E-state index contributed by atoms with van der Waals surface area (Å²) in [6.45, 7) is 8.84. The molecule has 0 N–H and O–H groups in total. The van der Waals surface area contributed by atoms with E-state index in [1.807, 2.05) is 26.8 Å². The highest BCUT2D eigenvalue weighted by atomic mass is 16.1. The highest BCUT2D eigenvalue weighted by Crippen LogP contribution is 2.18. The summed E-state index contributed by atoms with van der Waals surface area (Å²) in [5.41, 5.74) is 0.0763.